The van der Waals surface area contributed by atoms with Gasteiger partial charge >= 0.3 is 0 Å². The molecule has 2 aliphatic rings. The summed E-state index contributed by atoms with van der Waals surface area (Å²) in [6, 6.07) is -0.365. The number of carbonyl (C=O) groups excluding carboxylic acids is 3. The highest BCUT2D eigenvalue weighted by molar-refractivity contribution is 7.99. The first kappa shape index (κ1) is 20.5. The zero-order valence-corrected chi connectivity index (χ0v) is 16.8. The van der Waals surface area contributed by atoms with Crippen LogP contribution in [0.2, 0.25) is 0 Å². The maximum Gasteiger partial charge on any atom is 0.243 e. The minimum atomic E-state index is -1.05. The van der Waals surface area contributed by atoms with E-state index in [1.54, 1.807) is 19.0 Å². The Labute approximate surface area is 166 Å². The number of H-pyrrole nitrogens is 1. The van der Waals surface area contributed by atoms with Gasteiger partial charge in [-0.2, -0.15) is 11.8 Å². The fraction of sp³-hybridized carbons (Fsp3) is 0.750. The van der Waals surface area contributed by atoms with E-state index in [-0.39, 0.29) is 35.5 Å². The number of aromatic amines is 1. The second-order valence-corrected chi connectivity index (χ2v) is 8.67. The molecule has 5 N–H and O–H groups in total. The van der Waals surface area contributed by atoms with Crippen molar-refractivity contribution in [3.63, 3.8) is 0 Å². The third kappa shape index (κ3) is 4.27. The van der Waals surface area contributed by atoms with Crippen molar-refractivity contribution in [1.29, 1.82) is 0 Å². The van der Waals surface area contributed by atoms with Crippen LogP contribution >= 0.6 is 11.8 Å². The number of aromatic nitrogens is 4. The number of ketones is 1. The molecule has 1 aromatic heterocycles. The van der Waals surface area contributed by atoms with Crippen LogP contribution in [-0.4, -0.2) is 73.4 Å². The maximum absolute atomic E-state index is 12.9. The Balaban J connectivity index is 1.56. The van der Waals surface area contributed by atoms with E-state index in [1.807, 2.05) is 0 Å². The summed E-state index contributed by atoms with van der Waals surface area (Å²) in [6.45, 7) is 1.68. The monoisotopic (exact) mass is 410 g/mol. The second kappa shape index (κ2) is 8.43. The molecule has 0 aromatic carbocycles. The molecule has 1 saturated heterocycles. The highest BCUT2D eigenvalue weighted by atomic mass is 32.2. The van der Waals surface area contributed by atoms with E-state index in [0.29, 0.717) is 17.9 Å². The summed E-state index contributed by atoms with van der Waals surface area (Å²) in [5, 5.41) is 17.7. The number of hydrogen-bond donors (Lipinski definition) is 4. The summed E-state index contributed by atoms with van der Waals surface area (Å²) in [6.07, 6.45) is 3.04. The maximum atomic E-state index is 12.9. The van der Waals surface area contributed by atoms with Gasteiger partial charge in [-0.15, -0.1) is 0 Å². The first-order valence-electron chi connectivity index (χ1n) is 9.28. The van der Waals surface area contributed by atoms with Crippen LogP contribution in [0, 0.1) is 11.8 Å². The molecule has 2 fully saturated rings. The molecule has 2 heterocycles. The number of fused-ring (bicyclic) bond motifs is 1. The Kier molecular flexibility index (Phi) is 6.18. The van der Waals surface area contributed by atoms with Crippen molar-refractivity contribution in [2.75, 3.05) is 23.9 Å². The van der Waals surface area contributed by atoms with Gasteiger partial charge in [-0.25, -0.2) is 10.1 Å². The summed E-state index contributed by atoms with van der Waals surface area (Å²) in [5.74, 6) is 0.434. The number of hydrogen-bond acceptors (Lipinski definition) is 9. The summed E-state index contributed by atoms with van der Waals surface area (Å²) in [7, 11) is 1.73. The predicted octanol–water partition coefficient (Wildman–Crippen LogP) is -0.690. The predicted molar refractivity (Wildman–Crippen MR) is 103 cm³/mol. The van der Waals surface area contributed by atoms with E-state index in [4.69, 9.17) is 5.73 Å². The molecule has 11 nitrogen and oxygen atoms in total. The van der Waals surface area contributed by atoms with Crippen LogP contribution in [-0.2, 0) is 14.4 Å². The van der Waals surface area contributed by atoms with Gasteiger partial charge in [0.15, 0.2) is 5.78 Å². The Morgan fingerprint density at radius 2 is 2.14 bits per heavy atom. The van der Waals surface area contributed by atoms with Crippen LogP contribution in [0.3, 0.4) is 0 Å². The molecule has 3 rings (SSSR count). The van der Waals surface area contributed by atoms with E-state index in [9.17, 15) is 14.4 Å². The van der Waals surface area contributed by atoms with Gasteiger partial charge < -0.3 is 11.1 Å². The molecule has 154 valence electrons. The average Bonchev–Trinajstić information content (AvgIpc) is 3.30. The van der Waals surface area contributed by atoms with Gasteiger partial charge in [0.05, 0.1) is 6.04 Å². The van der Waals surface area contributed by atoms with E-state index in [1.165, 1.54) is 11.8 Å². The van der Waals surface area contributed by atoms with Crippen molar-refractivity contribution < 1.29 is 14.4 Å². The Morgan fingerprint density at radius 1 is 1.39 bits per heavy atom. The number of Topliss-reactive ketones (excluding diaryl/α,β-unsaturated/α-hetero) is 1. The van der Waals surface area contributed by atoms with Crippen LogP contribution < -0.4 is 16.5 Å². The second-order valence-electron chi connectivity index (χ2n) is 7.56. The highest BCUT2D eigenvalue weighted by Gasteiger charge is 2.44. The number of nitrogens with two attached hydrogens (primary N) is 1. The molecule has 1 aliphatic carbocycles. The minimum absolute atomic E-state index is 0.0559. The van der Waals surface area contributed by atoms with Crippen molar-refractivity contribution in [2.24, 2.45) is 17.6 Å². The molecule has 0 bridgehead atoms. The quantitative estimate of drug-likeness (QED) is 0.407. The van der Waals surface area contributed by atoms with E-state index >= 15 is 0 Å². The topological polar surface area (TPSA) is 159 Å². The van der Waals surface area contributed by atoms with Crippen molar-refractivity contribution >= 4 is 35.3 Å². The number of anilines is 1. The van der Waals surface area contributed by atoms with Crippen molar-refractivity contribution in [2.45, 2.75) is 44.2 Å². The summed E-state index contributed by atoms with van der Waals surface area (Å²) in [5.41, 5.74) is 7.35. The smallest absolute Gasteiger partial charge is 0.243 e. The van der Waals surface area contributed by atoms with Crippen molar-refractivity contribution in [3.05, 3.63) is 0 Å². The van der Waals surface area contributed by atoms with Gasteiger partial charge in [-0.05, 0) is 42.4 Å². The Morgan fingerprint density at radius 3 is 2.82 bits per heavy atom. The molecule has 1 aromatic rings. The third-order valence-electron chi connectivity index (χ3n) is 5.51. The zero-order valence-electron chi connectivity index (χ0n) is 16.0. The molecule has 28 heavy (non-hydrogen) atoms. The number of hydrazine groups is 1. The lowest BCUT2D eigenvalue weighted by Gasteiger charge is -2.28. The van der Waals surface area contributed by atoms with Gasteiger partial charge in [-0.1, -0.05) is 11.5 Å². The largest absolute Gasteiger partial charge is 0.368 e. The molecule has 4 atom stereocenters. The van der Waals surface area contributed by atoms with E-state index < -0.39 is 11.4 Å². The number of thioether (sulfide) groups is 1. The lowest BCUT2D eigenvalue weighted by atomic mass is 9.88. The lowest BCUT2D eigenvalue weighted by Crippen LogP contribution is -2.50. The summed E-state index contributed by atoms with van der Waals surface area (Å²) < 4.78 is 0. The van der Waals surface area contributed by atoms with Crippen LogP contribution in [0.4, 0.5) is 5.95 Å². The molecule has 0 radical (unpaired) electrons. The highest BCUT2D eigenvalue weighted by Crippen LogP contribution is 2.36. The van der Waals surface area contributed by atoms with E-state index in [0.717, 1.165) is 19.3 Å². The summed E-state index contributed by atoms with van der Waals surface area (Å²) >= 11 is 1.50. The SMILES string of the molecule is CN1NC(=O)C2CCCC2C(=O)C1CCSC[C@](C)(Nc1nnn[nH]1)C(N)=O. The van der Waals surface area contributed by atoms with Gasteiger partial charge in [0, 0.05) is 24.6 Å². The molecule has 12 heteroatoms. The van der Waals surface area contributed by atoms with Crippen molar-refractivity contribution in [3.8, 4) is 0 Å². The number of carbonyl (C=O) groups is 3. The Hall–Kier alpha value is -2.21. The van der Waals surface area contributed by atoms with Gasteiger partial charge in [0.25, 0.3) is 0 Å². The summed E-state index contributed by atoms with van der Waals surface area (Å²) in [4.78, 5) is 37.1. The number of amides is 2. The number of tetrazole rings is 1. The van der Waals surface area contributed by atoms with Crippen LogP contribution in [0.15, 0.2) is 0 Å². The molecule has 2 amide bonds. The first-order chi connectivity index (χ1) is 13.3. The molecule has 3 unspecified atom stereocenters. The van der Waals surface area contributed by atoms with Crippen LogP contribution in [0.5, 0.6) is 0 Å². The number of rotatable bonds is 8. The number of nitrogens with zero attached hydrogens (tertiary/aromatic N) is 4. The van der Waals surface area contributed by atoms with Crippen LogP contribution in [0.25, 0.3) is 0 Å². The van der Waals surface area contributed by atoms with Crippen LogP contribution in [0.1, 0.15) is 32.6 Å². The van der Waals surface area contributed by atoms with Gasteiger partial charge in [-0.3, -0.25) is 19.8 Å². The zero-order chi connectivity index (χ0) is 20.3. The third-order valence-corrected chi connectivity index (χ3v) is 6.82. The van der Waals surface area contributed by atoms with Crippen molar-refractivity contribution in [1.82, 2.24) is 31.1 Å². The molecule has 1 saturated carbocycles. The number of primary amides is 1. The molecular formula is C16H26N8O3S. The standard InChI is InChI=1S/C16H26N8O3S/c1-16(14(17)27,18-15-19-22-23-20-15)8-28-7-6-11-12(25)9-4-3-5-10(9)13(26)21-24(11)2/h9-11H,3-8H2,1-2H3,(H2,17,27)(H,21,26)(H2,18,19,20,22,23)/t9?,10?,11?,16-/m0/s1. The lowest BCUT2D eigenvalue weighted by molar-refractivity contribution is -0.130. The fourth-order valence-electron chi connectivity index (χ4n) is 3.84. The minimum Gasteiger partial charge on any atom is -0.368 e. The van der Waals surface area contributed by atoms with E-state index in [2.05, 4.69) is 31.4 Å². The molecule has 0 spiro atoms. The number of likely N-dealkylation sites (N-methyl/N-ethyl adjacent to an activating group) is 1. The molecule has 1 aliphatic heterocycles. The van der Waals surface area contributed by atoms with Gasteiger partial charge in [0.2, 0.25) is 17.8 Å². The normalized spacial score (nSPS) is 27.6. The number of nitrogens with one attached hydrogen (secondary N) is 3. The fourth-order valence-corrected chi connectivity index (χ4v) is 4.99. The first-order valence-corrected chi connectivity index (χ1v) is 10.4. The molecular weight excluding hydrogens is 384 g/mol. The average molecular weight is 411 g/mol. The van der Waals surface area contributed by atoms with Gasteiger partial charge in [0.1, 0.15) is 5.54 Å². The Bertz CT molecular complexity index is 729.